The second-order valence-electron chi connectivity index (χ2n) is 4.31. The first-order chi connectivity index (χ1) is 9.94. The first-order valence-electron chi connectivity index (χ1n) is 6.02. The highest BCUT2D eigenvalue weighted by Gasteiger charge is 2.15. The van der Waals surface area contributed by atoms with Gasteiger partial charge in [-0.2, -0.15) is 5.26 Å². The maximum Gasteiger partial charge on any atom is 0.264 e. The maximum atomic E-state index is 12.2. The molecule has 5 nitrogen and oxygen atoms in total. The van der Waals surface area contributed by atoms with Gasteiger partial charge in [0, 0.05) is 12.7 Å². The molecule has 0 saturated heterocycles. The standard InChI is InChI=1S/C14H11BrN2O3S/c15-13-5-2-6-17(14(13)18)7-8-21(19,20)12-4-1-3-11(9-12)10-16/h1-6,9H,7-8H2. The van der Waals surface area contributed by atoms with Gasteiger partial charge in [-0.05, 0) is 46.3 Å². The predicted octanol–water partition coefficient (Wildman–Crippen LogP) is 1.96. The van der Waals surface area contributed by atoms with Gasteiger partial charge in [0.25, 0.3) is 5.56 Å². The maximum absolute atomic E-state index is 12.2. The van der Waals surface area contributed by atoms with Crippen LogP contribution in [-0.4, -0.2) is 18.7 Å². The van der Waals surface area contributed by atoms with Crippen LogP contribution in [0.3, 0.4) is 0 Å². The minimum absolute atomic E-state index is 0.0530. The highest BCUT2D eigenvalue weighted by molar-refractivity contribution is 9.10. The Bertz CT molecular complexity index is 866. The van der Waals surface area contributed by atoms with Crippen molar-refractivity contribution in [3.8, 4) is 6.07 Å². The number of hydrogen-bond acceptors (Lipinski definition) is 4. The van der Waals surface area contributed by atoms with Gasteiger partial charge < -0.3 is 4.57 Å². The van der Waals surface area contributed by atoms with Crippen LogP contribution >= 0.6 is 15.9 Å². The zero-order valence-electron chi connectivity index (χ0n) is 10.9. The zero-order valence-corrected chi connectivity index (χ0v) is 13.3. The fraction of sp³-hybridized carbons (Fsp3) is 0.143. The Morgan fingerprint density at radius 2 is 2.00 bits per heavy atom. The summed E-state index contributed by atoms with van der Waals surface area (Å²) in [4.78, 5) is 11.9. The van der Waals surface area contributed by atoms with Crippen molar-refractivity contribution < 1.29 is 8.42 Å². The summed E-state index contributed by atoms with van der Waals surface area (Å²) in [7, 11) is -3.55. The monoisotopic (exact) mass is 366 g/mol. The number of sulfone groups is 1. The predicted molar refractivity (Wildman–Crippen MR) is 81.6 cm³/mol. The summed E-state index contributed by atoms with van der Waals surface area (Å²) in [6.45, 7) is 0.0530. The van der Waals surface area contributed by atoms with Crippen LogP contribution in [0.5, 0.6) is 0 Å². The second kappa shape index (κ2) is 6.24. The van der Waals surface area contributed by atoms with Crippen molar-refractivity contribution in [1.29, 1.82) is 5.26 Å². The van der Waals surface area contributed by atoms with Gasteiger partial charge in [0.15, 0.2) is 9.84 Å². The van der Waals surface area contributed by atoms with E-state index in [0.29, 0.717) is 4.47 Å². The summed E-state index contributed by atoms with van der Waals surface area (Å²) in [6.07, 6.45) is 1.54. The van der Waals surface area contributed by atoms with E-state index in [1.807, 2.05) is 6.07 Å². The fourth-order valence-electron chi connectivity index (χ4n) is 1.78. The lowest BCUT2D eigenvalue weighted by atomic mass is 10.2. The lowest BCUT2D eigenvalue weighted by Crippen LogP contribution is -2.24. The molecule has 0 aliphatic carbocycles. The van der Waals surface area contributed by atoms with E-state index in [1.54, 1.807) is 12.1 Å². The van der Waals surface area contributed by atoms with E-state index in [-0.39, 0.29) is 28.3 Å². The molecule has 1 heterocycles. The van der Waals surface area contributed by atoms with Crippen LogP contribution in [-0.2, 0) is 16.4 Å². The molecule has 0 spiro atoms. The van der Waals surface area contributed by atoms with Crippen LogP contribution in [0.2, 0.25) is 0 Å². The molecule has 7 heteroatoms. The number of hydrogen-bond donors (Lipinski definition) is 0. The number of nitriles is 1. The Morgan fingerprint density at radius 3 is 2.71 bits per heavy atom. The molecule has 0 saturated carbocycles. The molecule has 1 aromatic heterocycles. The number of pyridine rings is 1. The molecule has 0 radical (unpaired) electrons. The number of nitrogens with zero attached hydrogens (tertiary/aromatic N) is 2. The molecule has 21 heavy (non-hydrogen) atoms. The molecular formula is C14H11BrN2O3S. The average Bonchev–Trinajstić information content (AvgIpc) is 2.49. The van der Waals surface area contributed by atoms with Gasteiger partial charge in [0.1, 0.15) is 0 Å². The van der Waals surface area contributed by atoms with Crippen LogP contribution < -0.4 is 5.56 Å². The first-order valence-corrected chi connectivity index (χ1v) is 8.46. The number of rotatable bonds is 4. The van der Waals surface area contributed by atoms with Crippen LogP contribution in [0.25, 0.3) is 0 Å². The van der Waals surface area contributed by atoms with E-state index in [0.717, 1.165) is 0 Å². The third-order valence-electron chi connectivity index (χ3n) is 2.90. The van der Waals surface area contributed by atoms with Gasteiger partial charge in [0.05, 0.1) is 26.8 Å². The fourth-order valence-corrected chi connectivity index (χ4v) is 3.42. The summed E-state index contributed by atoms with van der Waals surface area (Å²) < 4.78 is 26.2. The molecule has 0 unspecified atom stereocenters. The molecular weight excluding hydrogens is 356 g/mol. The van der Waals surface area contributed by atoms with E-state index in [4.69, 9.17) is 5.26 Å². The highest BCUT2D eigenvalue weighted by Crippen LogP contribution is 2.13. The zero-order chi connectivity index (χ0) is 15.5. The lowest BCUT2D eigenvalue weighted by molar-refractivity contribution is 0.587. The van der Waals surface area contributed by atoms with E-state index in [2.05, 4.69) is 15.9 Å². The van der Waals surface area contributed by atoms with Gasteiger partial charge in [-0.3, -0.25) is 4.79 Å². The number of halogens is 1. The smallest absolute Gasteiger partial charge is 0.264 e. The average molecular weight is 367 g/mol. The topological polar surface area (TPSA) is 79.9 Å². The highest BCUT2D eigenvalue weighted by atomic mass is 79.9. The molecule has 0 aliphatic rings. The van der Waals surface area contributed by atoms with Crippen molar-refractivity contribution in [2.75, 3.05) is 5.75 Å². The third-order valence-corrected chi connectivity index (χ3v) is 5.19. The molecule has 0 bridgehead atoms. The molecule has 0 fully saturated rings. The minimum Gasteiger partial charge on any atom is -0.314 e. The number of aryl methyl sites for hydroxylation is 1. The molecule has 108 valence electrons. The SMILES string of the molecule is N#Cc1cccc(S(=O)(=O)CCn2cccc(Br)c2=O)c1. The summed E-state index contributed by atoms with van der Waals surface area (Å²) in [6, 6.07) is 11.0. The van der Waals surface area contributed by atoms with Crippen molar-refractivity contribution in [3.05, 3.63) is 63.0 Å². The van der Waals surface area contributed by atoms with Crippen LogP contribution in [0.15, 0.2) is 56.8 Å². The van der Waals surface area contributed by atoms with Crippen molar-refractivity contribution in [2.45, 2.75) is 11.4 Å². The Hall–Kier alpha value is -1.91. The van der Waals surface area contributed by atoms with E-state index in [1.165, 1.54) is 35.0 Å². The molecule has 0 N–H and O–H groups in total. The molecule has 2 aromatic rings. The normalized spacial score (nSPS) is 11.0. The molecule has 0 atom stereocenters. The van der Waals surface area contributed by atoms with Crippen molar-refractivity contribution in [2.24, 2.45) is 0 Å². The Morgan fingerprint density at radius 1 is 1.24 bits per heavy atom. The Balaban J connectivity index is 2.24. The van der Waals surface area contributed by atoms with Crippen molar-refractivity contribution >= 4 is 25.8 Å². The van der Waals surface area contributed by atoms with Crippen LogP contribution in [0.4, 0.5) is 0 Å². The van der Waals surface area contributed by atoms with Crippen LogP contribution in [0, 0.1) is 11.3 Å². The van der Waals surface area contributed by atoms with Crippen LogP contribution in [0.1, 0.15) is 5.56 Å². The Labute approximate surface area is 130 Å². The van der Waals surface area contributed by atoms with E-state index < -0.39 is 9.84 Å². The van der Waals surface area contributed by atoms with Crippen molar-refractivity contribution in [1.82, 2.24) is 4.57 Å². The number of aromatic nitrogens is 1. The van der Waals surface area contributed by atoms with Gasteiger partial charge in [0.2, 0.25) is 0 Å². The third kappa shape index (κ3) is 3.60. The second-order valence-corrected chi connectivity index (χ2v) is 7.28. The number of benzene rings is 1. The first kappa shape index (κ1) is 15.5. The molecule has 2 rings (SSSR count). The van der Waals surface area contributed by atoms with Gasteiger partial charge >= 0.3 is 0 Å². The molecule has 0 amide bonds. The van der Waals surface area contributed by atoms with E-state index in [9.17, 15) is 13.2 Å². The summed E-state index contributed by atoms with van der Waals surface area (Å²) in [5.74, 6) is -0.210. The largest absolute Gasteiger partial charge is 0.314 e. The summed E-state index contributed by atoms with van der Waals surface area (Å²) in [5.41, 5.74) is 0.00849. The quantitative estimate of drug-likeness (QED) is 0.828. The summed E-state index contributed by atoms with van der Waals surface area (Å²) in [5, 5.41) is 8.81. The van der Waals surface area contributed by atoms with Gasteiger partial charge in [-0.15, -0.1) is 0 Å². The van der Waals surface area contributed by atoms with Gasteiger partial charge in [-0.25, -0.2) is 8.42 Å². The molecule has 1 aromatic carbocycles. The summed E-state index contributed by atoms with van der Waals surface area (Å²) >= 11 is 3.11. The lowest BCUT2D eigenvalue weighted by Gasteiger charge is -2.07. The van der Waals surface area contributed by atoms with Gasteiger partial charge in [-0.1, -0.05) is 6.07 Å². The molecule has 0 aliphatic heterocycles. The van der Waals surface area contributed by atoms with Crippen molar-refractivity contribution in [3.63, 3.8) is 0 Å². The minimum atomic E-state index is -3.55. The van der Waals surface area contributed by atoms with E-state index >= 15 is 0 Å². The Kier molecular flexibility index (Phi) is 4.60.